The van der Waals surface area contributed by atoms with E-state index in [1.807, 2.05) is 23.6 Å². The number of furan rings is 1. The fourth-order valence-corrected chi connectivity index (χ4v) is 2.64. The average Bonchev–Trinajstić information content (AvgIpc) is 3.13. The third kappa shape index (κ3) is 3.93. The minimum atomic E-state index is -0.258. The van der Waals surface area contributed by atoms with Crippen molar-refractivity contribution in [2.45, 2.75) is 25.6 Å². The number of ether oxygens (including phenoxy) is 1. The topological polar surface area (TPSA) is 71.7 Å². The standard InChI is InChI=1S/C14H17NO4S/c1-18-14(17)7-12(13-3-2-6-20-13)15-8-10-4-5-11(9-16)19-10/h2-6,12,15-16H,7-9H2,1H3. The quantitative estimate of drug-likeness (QED) is 0.766. The largest absolute Gasteiger partial charge is 0.469 e. The summed E-state index contributed by atoms with van der Waals surface area (Å²) in [6, 6.07) is 7.36. The Morgan fingerprint density at radius 3 is 2.85 bits per heavy atom. The Morgan fingerprint density at radius 2 is 2.25 bits per heavy atom. The fraction of sp³-hybridized carbons (Fsp3) is 0.357. The smallest absolute Gasteiger partial charge is 0.307 e. The lowest BCUT2D eigenvalue weighted by atomic mass is 10.1. The number of methoxy groups -OCH3 is 1. The van der Waals surface area contributed by atoms with E-state index in [9.17, 15) is 4.79 Å². The minimum absolute atomic E-state index is 0.106. The SMILES string of the molecule is COC(=O)CC(NCc1ccc(CO)o1)c1cccs1. The van der Waals surface area contributed by atoms with Gasteiger partial charge in [-0.3, -0.25) is 4.79 Å². The van der Waals surface area contributed by atoms with Gasteiger partial charge >= 0.3 is 5.97 Å². The molecule has 0 fully saturated rings. The number of hydrogen-bond donors (Lipinski definition) is 2. The van der Waals surface area contributed by atoms with E-state index in [2.05, 4.69) is 5.32 Å². The van der Waals surface area contributed by atoms with Crippen LogP contribution in [0.15, 0.2) is 34.1 Å². The van der Waals surface area contributed by atoms with Crippen LogP contribution in [0.1, 0.15) is 28.9 Å². The molecule has 108 valence electrons. The number of aliphatic hydroxyl groups excluding tert-OH is 1. The summed E-state index contributed by atoms with van der Waals surface area (Å²) in [6.45, 7) is 0.371. The molecule has 5 nitrogen and oxygen atoms in total. The van der Waals surface area contributed by atoms with E-state index in [0.29, 0.717) is 12.3 Å². The van der Waals surface area contributed by atoms with Crippen LogP contribution in [0.4, 0.5) is 0 Å². The number of nitrogens with one attached hydrogen (secondary N) is 1. The first-order valence-corrected chi connectivity index (χ1v) is 7.13. The van der Waals surface area contributed by atoms with Gasteiger partial charge in [0.1, 0.15) is 18.1 Å². The van der Waals surface area contributed by atoms with Crippen molar-refractivity contribution >= 4 is 17.3 Å². The highest BCUT2D eigenvalue weighted by Crippen LogP contribution is 2.23. The molecule has 0 aliphatic heterocycles. The van der Waals surface area contributed by atoms with Crippen LogP contribution in [0.3, 0.4) is 0 Å². The monoisotopic (exact) mass is 295 g/mol. The Hall–Kier alpha value is -1.63. The van der Waals surface area contributed by atoms with Crippen LogP contribution in [-0.4, -0.2) is 18.2 Å². The van der Waals surface area contributed by atoms with Crippen molar-refractivity contribution in [2.75, 3.05) is 7.11 Å². The van der Waals surface area contributed by atoms with Gasteiger partial charge < -0.3 is 19.6 Å². The van der Waals surface area contributed by atoms with Crippen molar-refractivity contribution in [1.29, 1.82) is 0 Å². The summed E-state index contributed by atoms with van der Waals surface area (Å²) in [5.41, 5.74) is 0. The summed E-state index contributed by atoms with van der Waals surface area (Å²) in [4.78, 5) is 12.5. The van der Waals surface area contributed by atoms with Crippen LogP contribution in [0.25, 0.3) is 0 Å². The third-order valence-corrected chi connectivity index (χ3v) is 3.87. The molecule has 0 bridgehead atoms. The minimum Gasteiger partial charge on any atom is -0.469 e. The van der Waals surface area contributed by atoms with Gasteiger partial charge in [-0.2, -0.15) is 0 Å². The maximum absolute atomic E-state index is 11.5. The molecule has 0 radical (unpaired) electrons. The molecule has 0 spiro atoms. The molecule has 0 aliphatic rings. The highest BCUT2D eigenvalue weighted by molar-refractivity contribution is 7.10. The average molecular weight is 295 g/mol. The van der Waals surface area contributed by atoms with E-state index in [4.69, 9.17) is 14.3 Å². The Morgan fingerprint density at radius 1 is 1.45 bits per heavy atom. The number of carbonyl (C=O) groups excluding carboxylic acids is 1. The molecule has 0 amide bonds. The maximum Gasteiger partial charge on any atom is 0.307 e. The number of aliphatic hydroxyl groups is 1. The van der Waals surface area contributed by atoms with Crippen LogP contribution in [-0.2, 0) is 22.7 Å². The number of rotatable bonds is 7. The molecule has 2 N–H and O–H groups in total. The van der Waals surface area contributed by atoms with E-state index in [1.165, 1.54) is 7.11 Å². The molecule has 1 atom stereocenters. The maximum atomic E-state index is 11.5. The summed E-state index contributed by atoms with van der Waals surface area (Å²) >= 11 is 1.59. The molecule has 0 saturated carbocycles. The lowest BCUT2D eigenvalue weighted by Gasteiger charge is -2.15. The van der Waals surface area contributed by atoms with Gasteiger partial charge in [-0.1, -0.05) is 6.07 Å². The Kier molecular flexibility index (Phi) is 5.34. The van der Waals surface area contributed by atoms with Gasteiger partial charge in [0.05, 0.1) is 26.1 Å². The van der Waals surface area contributed by atoms with E-state index in [0.717, 1.165) is 10.6 Å². The summed E-state index contributed by atoms with van der Waals surface area (Å²) in [5.74, 6) is 0.995. The molecule has 0 aliphatic carbocycles. The van der Waals surface area contributed by atoms with Crippen molar-refractivity contribution < 1.29 is 19.1 Å². The molecule has 2 heterocycles. The summed E-state index contributed by atoms with van der Waals surface area (Å²) in [6.07, 6.45) is 0.268. The lowest BCUT2D eigenvalue weighted by molar-refractivity contribution is -0.141. The molecular formula is C14H17NO4S. The zero-order valence-electron chi connectivity index (χ0n) is 11.2. The first-order valence-electron chi connectivity index (χ1n) is 6.25. The van der Waals surface area contributed by atoms with Crippen molar-refractivity contribution in [3.05, 3.63) is 46.0 Å². The molecule has 0 saturated heterocycles. The predicted octanol–water partition coefficient (Wildman–Crippen LogP) is 2.23. The second-order valence-corrected chi connectivity index (χ2v) is 5.23. The van der Waals surface area contributed by atoms with Crippen LogP contribution in [0.2, 0.25) is 0 Å². The Bertz CT molecular complexity index is 535. The van der Waals surface area contributed by atoms with Gasteiger partial charge in [0.15, 0.2) is 0 Å². The van der Waals surface area contributed by atoms with E-state index in [-0.39, 0.29) is 25.0 Å². The van der Waals surface area contributed by atoms with Gasteiger partial charge in [-0.25, -0.2) is 0 Å². The summed E-state index contributed by atoms with van der Waals surface area (Å²) in [7, 11) is 1.38. The Balaban J connectivity index is 1.98. The zero-order chi connectivity index (χ0) is 14.4. The Labute approximate surface area is 121 Å². The summed E-state index contributed by atoms with van der Waals surface area (Å²) < 4.78 is 10.1. The number of thiophene rings is 1. The van der Waals surface area contributed by atoms with Crippen molar-refractivity contribution in [3.63, 3.8) is 0 Å². The molecule has 2 rings (SSSR count). The van der Waals surface area contributed by atoms with Gasteiger partial charge in [0.25, 0.3) is 0 Å². The fourth-order valence-electron chi connectivity index (χ4n) is 1.84. The van der Waals surface area contributed by atoms with Crippen LogP contribution < -0.4 is 5.32 Å². The first kappa shape index (κ1) is 14.8. The van der Waals surface area contributed by atoms with Crippen molar-refractivity contribution in [1.82, 2.24) is 5.32 Å². The number of carbonyl (C=O) groups is 1. The van der Waals surface area contributed by atoms with Crippen LogP contribution >= 0.6 is 11.3 Å². The van der Waals surface area contributed by atoms with Gasteiger partial charge in [-0.05, 0) is 23.6 Å². The second-order valence-electron chi connectivity index (χ2n) is 4.26. The molecule has 20 heavy (non-hydrogen) atoms. The molecule has 1 unspecified atom stereocenters. The van der Waals surface area contributed by atoms with Crippen LogP contribution in [0, 0.1) is 0 Å². The van der Waals surface area contributed by atoms with E-state index in [1.54, 1.807) is 17.4 Å². The molecule has 2 aromatic rings. The first-order chi connectivity index (χ1) is 9.72. The highest BCUT2D eigenvalue weighted by atomic mass is 32.1. The van der Waals surface area contributed by atoms with E-state index < -0.39 is 0 Å². The molecule has 0 aromatic carbocycles. The molecular weight excluding hydrogens is 278 g/mol. The van der Waals surface area contributed by atoms with E-state index >= 15 is 0 Å². The number of esters is 1. The summed E-state index contributed by atoms with van der Waals surface area (Å²) in [5, 5.41) is 14.2. The molecule has 2 aromatic heterocycles. The third-order valence-electron chi connectivity index (χ3n) is 2.88. The molecule has 6 heteroatoms. The predicted molar refractivity (Wildman–Crippen MR) is 75.2 cm³/mol. The second kappa shape index (κ2) is 7.23. The van der Waals surface area contributed by atoms with Crippen molar-refractivity contribution in [2.24, 2.45) is 0 Å². The zero-order valence-corrected chi connectivity index (χ0v) is 12.0. The highest BCUT2D eigenvalue weighted by Gasteiger charge is 2.17. The lowest BCUT2D eigenvalue weighted by Crippen LogP contribution is -2.23. The van der Waals surface area contributed by atoms with Gasteiger partial charge in [0.2, 0.25) is 0 Å². The number of hydrogen-bond acceptors (Lipinski definition) is 6. The van der Waals surface area contributed by atoms with Gasteiger partial charge in [-0.15, -0.1) is 11.3 Å². The van der Waals surface area contributed by atoms with Crippen molar-refractivity contribution in [3.8, 4) is 0 Å². The van der Waals surface area contributed by atoms with Crippen LogP contribution in [0.5, 0.6) is 0 Å². The van der Waals surface area contributed by atoms with Gasteiger partial charge in [0, 0.05) is 4.88 Å². The normalized spacial score (nSPS) is 12.3.